The van der Waals surface area contributed by atoms with E-state index >= 15 is 0 Å². The van der Waals surface area contributed by atoms with E-state index in [0.717, 1.165) is 5.69 Å². The van der Waals surface area contributed by atoms with E-state index in [2.05, 4.69) is 10.6 Å². The second kappa shape index (κ2) is 8.33. The van der Waals surface area contributed by atoms with Crippen molar-refractivity contribution in [3.05, 3.63) is 60.4 Å². The zero-order valence-electron chi connectivity index (χ0n) is 12.6. The molecule has 4 nitrogen and oxygen atoms in total. The van der Waals surface area contributed by atoms with Crippen molar-refractivity contribution in [2.24, 2.45) is 0 Å². The molecule has 1 atom stereocenters. The number of nitrogens with one attached hydrogen (secondary N) is 2. The lowest BCUT2D eigenvalue weighted by Crippen LogP contribution is -2.25. The highest BCUT2D eigenvalue weighted by Gasteiger charge is 2.15. The lowest BCUT2D eigenvalue weighted by Gasteiger charge is -2.12. The Morgan fingerprint density at radius 3 is 2.26 bits per heavy atom. The van der Waals surface area contributed by atoms with E-state index in [0.29, 0.717) is 5.69 Å². The topological polar surface area (TPSA) is 58.2 Å². The van der Waals surface area contributed by atoms with E-state index < -0.39 is 5.25 Å². The first kappa shape index (κ1) is 17.0. The molecule has 0 spiro atoms. The summed E-state index contributed by atoms with van der Waals surface area (Å²) in [5.74, 6) is -0.577. The zero-order chi connectivity index (χ0) is 16.7. The number of para-hydroxylation sites is 1. The number of benzene rings is 2. The molecular formula is C17H17FN2O2S. The summed E-state index contributed by atoms with van der Waals surface area (Å²) in [7, 11) is 0. The van der Waals surface area contributed by atoms with Crippen LogP contribution in [0.25, 0.3) is 0 Å². The summed E-state index contributed by atoms with van der Waals surface area (Å²) in [6.45, 7) is 1.72. The van der Waals surface area contributed by atoms with Crippen molar-refractivity contribution in [3.8, 4) is 0 Å². The van der Waals surface area contributed by atoms with Gasteiger partial charge in [0.1, 0.15) is 5.82 Å². The van der Waals surface area contributed by atoms with Gasteiger partial charge in [-0.15, -0.1) is 11.8 Å². The third kappa shape index (κ3) is 5.75. The largest absolute Gasteiger partial charge is 0.325 e. The first-order valence-electron chi connectivity index (χ1n) is 7.07. The standard InChI is InChI=1S/C17H17FN2O2S/c1-12(17(22)20-15-9-7-13(18)8-10-15)23-11-16(21)19-14-5-3-2-4-6-14/h2-10,12H,11H2,1H3,(H,19,21)(H,20,22). The molecule has 0 aromatic heterocycles. The molecule has 0 aliphatic heterocycles. The molecule has 23 heavy (non-hydrogen) atoms. The van der Waals surface area contributed by atoms with Crippen molar-refractivity contribution in [1.82, 2.24) is 0 Å². The highest BCUT2D eigenvalue weighted by atomic mass is 32.2. The van der Waals surface area contributed by atoms with Crippen LogP contribution in [0, 0.1) is 5.82 Å². The molecule has 2 N–H and O–H groups in total. The first-order valence-corrected chi connectivity index (χ1v) is 8.12. The Kier molecular flexibility index (Phi) is 6.17. The quantitative estimate of drug-likeness (QED) is 0.851. The molecule has 120 valence electrons. The van der Waals surface area contributed by atoms with Gasteiger partial charge in [0.2, 0.25) is 11.8 Å². The van der Waals surface area contributed by atoms with Crippen molar-refractivity contribution >= 4 is 35.0 Å². The molecule has 2 aromatic carbocycles. The van der Waals surface area contributed by atoms with Gasteiger partial charge >= 0.3 is 0 Å². The Labute approximate surface area is 138 Å². The van der Waals surface area contributed by atoms with Crippen molar-refractivity contribution in [2.45, 2.75) is 12.2 Å². The summed E-state index contributed by atoms with van der Waals surface area (Å²) in [5.41, 5.74) is 1.25. The highest BCUT2D eigenvalue weighted by molar-refractivity contribution is 8.01. The molecule has 0 heterocycles. The van der Waals surface area contributed by atoms with Crippen LogP contribution in [0.5, 0.6) is 0 Å². The third-order valence-electron chi connectivity index (χ3n) is 3.00. The van der Waals surface area contributed by atoms with E-state index in [1.165, 1.54) is 36.0 Å². The number of carbonyl (C=O) groups excluding carboxylic acids is 2. The van der Waals surface area contributed by atoms with Crippen molar-refractivity contribution in [1.29, 1.82) is 0 Å². The van der Waals surface area contributed by atoms with Crippen LogP contribution in [0.2, 0.25) is 0 Å². The molecule has 0 aliphatic carbocycles. The molecule has 2 amide bonds. The fourth-order valence-corrected chi connectivity index (χ4v) is 2.46. The van der Waals surface area contributed by atoms with Crippen LogP contribution < -0.4 is 10.6 Å². The maximum Gasteiger partial charge on any atom is 0.237 e. The van der Waals surface area contributed by atoms with Crippen LogP contribution in [-0.4, -0.2) is 22.8 Å². The molecule has 2 rings (SSSR count). The minimum absolute atomic E-state index is 0.164. The highest BCUT2D eigenvalue weighted by Crippen LogP contribution is 2.15. The fourth-order valence-electron chi connectivity index (χ4n) is 1.77. The summed E-state index contributed by atoms with van der Waals surface area (Å²) < 4.78 is 12.8. The lowest BCUT2D eigenvalue weighted by molar-refractivity contribution is -0.115. The van der Waals surface area contributed by atoms with E-state index in [1.54, 1.807) is 19.1 Å². The van der Waals surface area contributed by atoms with E-state index in [4.69, 9.17) is 0 Å². The molecule has 2 aromatic rings. The van der Waals surface area contributed by atoms with Crippen LogP contribution >= 0.6 is 11.8 Å². The predicted molar refractivity (Wildman–Crippen MR) is 92.0 cm³/mol. The number of carbonyl (C=O) groups is 2. The number of hydrogen-bond donors (Lipinski definition) is 2. The van der Waals surface area contributed by atoms with Crippen molar-refractivity contribution in [3.63, 3.8) is 0 Å². The number of rotatable bonds is 6. The van der Waals surface area contributed by atoms with Gasteiger partial charge in [0.05, 0.1) is 11.0 Å². The van der Waals surface area contributed by atoms with E-state index in [-0.39, 0.29) is 23.4 Å². The number of thioether (sulfide) groups is 1. The molecule has 0 saturated carbocycles. The van der Waals surface area contributed by atoms with Gasteiger partial charge in [-0.05, 0) is 43.3 Å². The summed E-state index contributed by atoms with van der Waals surface area (Å²) >= 11 is 1.24. The second-order valence-corrected chi connectivity index (χ2v) is 6.19. The van der Waals surface area contributed by atoms with Crippen molar-refractivity contribution < 1.29 is 14.0 Å². The van der Waals surface area contributed by atoms with Gasteiger partial charge in [-0.2, -0.15) is 0 Å². The Morgan fingerprint density at radius 1 is 1.00 bits per heavy atom. The Morgan fingerprint density at radius 2 is 1.61 bits per heavy atom. The van der Waals surface area contributed by atoms with Gasteiger partial charge in [-0.1, -0.05) is 18.2 Å². The molecule has 0 radical (unpaired) electrons. The number of anilines is 2. The average Bonchev–Trinajstić information content (AvgIpc) is 2.55. The average molecular weight is 332 g/mol. The maximum atomic E-state index is 12.8. The Hall–Kier alpha value is -2.34. The van der Waals surface area contributed by atoms with Crippen molar-refractivity contribution in [2.75, 3.05) is 16.4 Å². The van der Waals surface area contributed by atoms with Crippen LogP contribution in [0.1, 0.15) is 6.92 Å². The van der Waals surface area contributed by atoms with Crippen LogP contribution in [-0.2, 0) is 9.59 Å². The molecular weight excluding hydrogens is 315 g/mol. The van der Waals surface area contributed by atoms with Gasteiger partial charge in [0.25, 0.3) is 0 Å². The van der Waals surface area contributed by atoms with E-state index in [1.807, 2.05) is 18.2 Å². The first-order chi connectivity index (χ1) is 11.0. The summed E-state index contributed by atoms with van der Waals surface area (Å²) in [6, 6.07) is 14.7. The Bertz CT molecular complexity index is 662. The smallest absolute Gasteiger partial charge is 0.237 e. The van der Waals surface area contributed by atoms with Gasteiger partial charge in [-0.3, -0.25) is 9.59 Å². The number of hydrogen-bond acceptors (Lipinski definition) is 3. The van der Waals surface area contributed by atoms with Crippen LogP contribution in [0.15, 0.2) is 54.6 Å². The lowest BCUT2D eigenvalue weighted by atomic mass is 10.3. The molecule has 0 fully saturated rings. The third-order valence-corrected chi connectivity index (χ3v) is 4.15. The SMILES string of the molecule is CC(SCC(=O)Nc1ccccc1)C(=O)Nc1ccc(F)cc1. The van der Waals surface area contributed by atoms with Crippen LogP contribution in [0.3, 0.4) is 0 Å². The normalized spacial score (nSPS) is 11.6. The van der Waals surface area contributed by atoms with Gasteiger partial charge in [0.15, 0.2) is 0 Å². The van der Waals surface area contributed by atoms with Gasteiger partial charge < -0.3 is 10.6 Å². The molecule has 1 unspecified atom stereocenters. The summed E-state index contributed by atoms with van der Waals surface area (Å²) in [5, 5.41) is 5.04. The van der Waals surface area contributed by atoms with Gasteiger partial charge in [0, 0.05) is 11.4 Å². The second-order valence-electron chi connectivity index (χ2n) is 4.86. The fraction of sp³-hybridized carbons (Fsp3) is 0.176. The minimum atomic E-state index is -0.401. The molecule has 0 saturated heterocycles. The molecule has 0 aliphatic rings. The van der Waals surface area contributed by atoms with E-state index in [9.17, 15) is 14.0 Å². The maximum absolute atomic E-state index is 12.8. The minimum Gasteiger partial charge on any atom is -0.325 e. The summed E-state index contributed by atoms with van der Waals surface area (Å²) in [6.07, 6.45) is 0. The monoisotopic (exact) mass is 332 g/mol. The molecule has 0 bridgehead atoms. The number of amides is 2. The summed E-state index contributed by atoms with van der Waals surface area (Å²) in [4.78, 5) is 23.8. The predicted octanol–water partition coefficient (Wildman–Crippen LogP) is 3.52. The van der Waals surface area contributed by atoms with Gasteiger partial charge in [-0.25, -0.2) is 4.39 Å². The van der Waals surface area contributed by atoms with Crippen LogP contribution in [0.4, 0.5) is 15.8 Å². The Balaban J connectivity index is 1.77. The molecule has 6 heteroatoms. The number of halogens is 1. The zero-order valence-corrected chi connectivity index (χ0v) is 13.4.